The topological polar surface area (TPSA) is 52.6 Å². The van der Waals surface area contributed by atoms with E-state index in [0.717, 1.165) is 24.0 Å². The number of nitrogens with one attached hydrogen (secondary N) is 1. The molecule has 0 unspecified atom stereocenters. The molecule has 22 heavy (non-hydrogen) atoms. The van der Waals surface area contributed by atoms with Crippen molar-refractivity contribution >= 4 is 6.09 Å². The summed E-state index contributed by atoms with van der Waals surface area (Å²) in [5.74, 6) is -0.275. The van der Waals surface area contributed by atoms with E-state index in [1.54, 1.807) is 6.07 Å². The molecule has 1 aliphatic heterocycles. The van der Waals surface area contributed by atoms with Crippen LogP contribution in [0.25, 0.3) is 0 Å². The minimum atomic E-state index is -0.893. The SMILES string of the molecule is Cc1cc(F)ccc1[C@H]1C[C@H](NC2CCC2)CCN1C(=O)O. The highest BCUT2D eigenvalue weighted by atomic mass is 19.1. The molecule has 2 atom stereocenters. The van der Waals surface area contributed by atoms with Gasteiger partial charge in [-0.1, -0.05) is 12.5 Å². The highest BCUT2D eigenvalue weighted by molar-refractivity contribution is 5.66. The Morgan fingerprint density at radius 2 is 2.09 bits per heavy atom. The first kappa shape index (κ1) is 15.3. The number of piperidine rings is 1. The summed E-state index contributed by atoms with van der Waals surface area (Å²) >= 11 is 0. The van der Waals surface area contributed by atoms with Crippen molar-refractivity contribution in [3.05, 3.63) is 35.1 Å². The standard InChI is InChI=1S/C17H23FN2O2/c1-11-9-12(18)5-6-15(11)16-10-14(19-13-3-2-4-13)7-8-20(16)17(21)22/h5-6,9,13-14,16,19H,2-4,7-8,10H2,1H3,(H,21,22)/t14-,16-/m1/s1. The predicted octanol–water partition coefficient (Wildman–Crippen LogP) is 3.46. The van der Waals surface area contributed by atoms with Crippen LogP contribution in [-0.2, 0) is 0 Å². The molecule has 0 radical (unpaired) electrons. The van der Waals surface area contributed by atoms with Gasteiger partial charge in [-0.05, 0) is 55.9 Å². The molecule has 1 saturated heterocycles. The van der Waals surface area contributed by atoms with Gasteiger partial charge in [-0.2, -0.15) is 0 Å². The number of carboxylic acid groups (broad SMARTS) is 1. The van der Waals surface area contributed by atoms with Gasteiger partial charge in [0, 0.05) is 18.6 Å². The summed E-state index contributed by atoms with van der Waals surface area (Å²) in [7, 11) is 0. The van der Waals surface area contributed by atoms with Gasteiger partial charge in [-0.15, -0.1) is 0 Å². The number of hydrogen-bond acceptors (Lipinski definition) is 2. The van der Waals surface area contributed by atoms with Gasteiger partial charge in [0.15, 0.2) is 0 Å². The molecule has 1 amide bonds. The van der Waals surface area contributed by atoms with Crippen LogP contribution in [-0.4, -0.2) is 34.7 Å². The highest BCUT2D eigenvalue weighted by Crippen LogP contribution is 2.34. The lowest BCUT2D eigenvalue weighted by atomic mass is 9.87. The summed E-state index contributed by atoms with van der Waals surface area (Å²) in [6.45, 7) is 2.38. The molecule has 2 N–H and O–H groups in total. The zero-order valence-corrected chi connectivity index (χ0v) is 12.9. The van der Waals surface area contributed by atoms with Gasteiger partial charge >= 0.3 is 6.09 Å². The Bertz CT molecular complexity index is 560. The van der Waals surface area contributed by atoms with Gasteiger partial charge in [-0.3, -0.25) is 0 Å². The Labute approximate surface area is 130 Å². The Morgan fingerprint density at radius 3 is 2.68 bits per heavy atom. The first-order chi connectivity index (χ1) is 10.5. The van der Waals surface area contributed by atoms with Crippen LogP contribution >= 0.6 is 0 Å². The number of likely N-dealkylation sites (tertiary alicyclic amines) is 1. The van der Waals surface area contributed by atoms with E-state index in [0.29, 0.717) is 18.6 Å². The van der Waals surface area contributed by atoms with E-state index in [-0.39, 0.29) is 11.9 Å². The molecule has 1 heterocycles. The smallest absolute Gasteiger partial charge is 0.407 e. The van der Waals surface area contributed by atoms with Crippen LogP contribution in [0, 0.1) is 12.7 Å². The number of rotatable bonds is 3. The van der Waals surface area contributed by atoms with Crippen molar-refractivity contribution in [2.45, 2.75) is 57.2 Å². The van der Waals surface area contributed by atoms with Gasteiger partial charge in [0.2, 0.25) is 0 Å². The first-order valence-electron chi connectivity index (χ1n) is 8.06. The molecule has 3 rings (SSSR count). The van der Waals surface area contributed by atoms with Crippen molar-refractivity contribution < 1.29 is 14.3 Å². The van der Waals surface area contributed by atoms with Gasteiger partial charge in [0.05, 0.1) is 6.04 Å². The monoisotopic (exact) mass is 306 g/mol. The molecule has 1 aromatic rings. The molecule has 2 fully saturated rings. The van der Waals surface area contributed by atoms with Crippen LogP contribution in [0.3, 0.4) is 0 Å². The van der Waals surface area contributed by atoms with E-state index in [2.05, 4.69) is 5.32 Å². The first-order valence-corrected chi connectivity index (χ1v) is 8.06. The third-order valence-corrected chi connectivity index (χ3v) is 5.02. The van der Waals surface area contributed by atoms with Gasteiger partial charge < -0.3 is 15.3 Å². The van der Waals surface area contributed by atoms with Crippen LogP contribution in [0.5, 0.6) is 0 Å². The van der Waals surface area contributed by atoms with Crippen LogP contribution in [0.4, 0.5) is 9.18 Å². The highest BCUT2D eigenvalue weighted by Gasteiger charge is 2.34. The zero-order chi connectivity index (χ0) is 15.7. The lowest BCUT2D eigenvalue weighted by Gasteiger charge is -2.41. The third kappa shape index (κ3) is 3.09. The van der Waals surface area contributed by atoms with Crippen LogP contribution in [0.15, 0.2) is 18.2 Å². The minimum Gasteiger partial charge on any atom is -0.465 e. The quantitative estimate of drug-likeness (QED) is 0.899. The summed E-state index contributed by atoms with van der Waals surface area (Å²) in [6, 6.07) is 5.39. The molecular weight excluding hydrogens is 283 g/mol. The summed E-state index contributed by atoms with van der Waals surface area (Å²) in [5, 5.41) is 13.1. The van der Waals surface area contributed by atoms with E-state index >= 15 is 0 Å². The normalized spacial score (nSPS) is 25.8. The number of benzene rings is 1. The molecule has 1 aliphatic carbocycles. The average molecular weight is 306 g/mol. The van der Waals surface area contributed by atoms with Crippen molar-refractivity contribution in [3.63, 3.8) is 0 Å². The second-order valence-electron chi connectivity index (χ2n) is 6.51. The number of amides is 1. The Morgan fingerprint density at radius 1 is 1.32 bits per heavy atom. The number of aryl methyl sites for hydroxylation is 1. The summed E-state index contributed by atoms with van der Waals surface area (Å²) < 4.78 is 13.3. The molecule has 5 heteroatoms. The number of hydrogen-bond donors (Lipinski definition) is 2. The second kappa shape index (κ2) is 6.24. The largest absolute Gasteiger partial charge is 0.465 e. The minimum absolute atomic E-state index is 0.190. The zero-order valence-electron chi connectivity index (χ0n) is 12.9. The van der Waals surface area contributed by atoms with Crippen molar-refractivity contribution in [1.29, 1.82) is 0 Å². The van der Waals surface area contributed by atoms with Crippen LogP contribution in [0.2, 0.25) is 0 Å². The van der Waals surface area contributed by atoms with Crippen molar-refractivity contribution in [2.75, 3.05) is 6.54 Å². The molecule has 120 valence electrons. The number of carbonyl (C=O) groups is 1. The fourth-order valence-electron chi connectivity index (χ4n) is 3.56. The summed E-state index contributed by atoms with van der Waals surface area (Å²) in [5.41, 5.74) is 1.74. The van der Waals surface area contributed by atoms with Crippen molar-refractivity contribution in [1.82, 2.24) is 10.2 Å². The van der Waals surface area contributed by atoms with E-state index in [1.165, 1.54) is 36.3 Å². The lowest BCUT2D eigenvalue weighted by molar-refractivity contribution is 0.0915. The van der Waals surface area contributed by atoms with E-state index in [9.17, 15) is 14.3 Å². The van der Waals surface area contributed by atoms with Crippen molar-refractivity contribution in [3.8, 4) is 0 Å². The maximum Gasteiger partial charge on any atom is 0.407 e. The number of halogens is 1. The summed E-state index contributed by atoms with van der Waals surface area (Å²) in [6.07, 6.45) is 4.44. The lowest BCUT2D eigenvalue weighted by Crippen LogP contribution is -2.50. The predicted molar refractivity (Wildman–Crippen MR) is 82.4 cm³/mol. The maximum atomic E-state index is 13.3. The fourth-order valence-corrected chi connectivity index (χ4v) is 3.56. The summed E-state index contributed by atoms with van der Waals surface area (Å²) in [4.78, 5) is 13.0. The van der Waals surface area contributed by atoms with E-state index in [4.69, 9.17) is 0 Å². The molecule has 1 aromatic carbocycles. The van der Waals surface area contributed by atoms with Gasteiger partial charge in [-0.25, -0.2) is 9.18 Å². The molecule has 1 saturated carbocycles. The van der Waals surface area contributed by atoms with E-state index < -0.39 is 6.09 Å². The second-order valence-corrected chi connectivity index (χ2v) is 6.51. The molecular formula is C17H23FN2O2. The molecule has 0 spiro atoms. The van der Waals surface area contributed by atoms with Crippen molar-refractivity contribution in [2.24, 2.45) is 0 Å². The van der Waals surface area contributed by atoms with Crippen LogP contribution < -0.4 is 5.32 Å². The van der Waals surface area contributed by atoms with Crippen LogP contribution in [0.1, 0.15) is 49.3 Å². The van der Waals surface area contributed by atoms with Gasteiger partial charge in [0.25, 0.3) is 0 Å². The molecule has 2 aliphatic rings. The maximum absolute atomic E-state index is 13.3. The fraction of sp³-hybridized carbons (Fsp3) is 0.588. The molecule has 4 nitrogen and oxygen atoms in total. The Hall–Kier alpha value is -1.62. The number of nitrogens with zero attached hydrogens (tertiary/aromatic N) is 1. The molecule has 0 aromatic heterocycles. The van der Waals surface area contributed by atoms with E-state index in [1.807, 2.05) is 6.92 Å². The molecule has 0 bridgehead atoms. The van der Waals surface area contributed by atoms with Gasteiger partial charge in [0.1, 0.15) is 5.82 Å². The Kier molecular flexibility index (Phi) is 4.34. The average Bonchev–Trinajstić information content (AvgIpc) is 2.42. The third-order valence-electron chi connectivity index (χ3n) is 5.02. The Balaban J connectivity index is 1.80.